The summed E-state index contributed by atoms with van der Waals surface area (Å²) in [5.41, 5.74) is -0.108. The van der Waals surface area contributed by atoms with E-state index < -0.39 is 34.4 Å². The van der Waals surface area contributed by atoms with E-state index in [1.54, 1.807) is 65.8 Å². The molecule has 0 radical (unpaired) electrons. The molecule has 1 aromatic carbocycles. The van der Waals surface area contributed by atoms with Gasteiger partial charge in [-0.05, 0) is 66.2 Å². The van der Waals surface area contributed by atoms with Crippen LogP contribution in [0, 0.1) is 10.8 Å². The Kier molecular flexibility index (Phi) is 7.56. The number of carbonyl (C=O) groups excluding carboxylic acids is 3. The Morgan fingerprint density at radius 2 is 1.34 bits per heavy atom. The van der Waals surface area contributed by atoms with Crippen LogP contribution >= 0.6 is 0 Å². The number of hydrogen-bond acceptors (Lipinski definition) is 8. The second-order valence-electron chi connectivity index (χ2n) is 9.08. The number of carbonyl (C=O) groups is 3. The molecule has 0 aromatic heterocycles. The maximum atomic E-state index is 12.5. The van der Waals surface area contributed by atoms with Crippen LogP contribution in [-0.4, -0.2) is 30.6 Å². The van der Waals surface area contributed by atoms with E-state index >= 15 is 0 Å². The minimum Gasteiger partial charge on any atom is -0.467 e. The van der Waals surface area contributed by atoms with Crippen LogP contribution in [0.5, 0.6) is 5.75 Å². The molecule has 0 saturated heterocycles. The summed E-state index contributed by atoms with van der Waals surface area (Å²) in [4.78, 5) is 37.0. The third kappa shape index (κ3) is 6.01. The molecule has 29 heavy (non-hydrogen) atoms. The molecule has 0 spiro atoms. The van der Waals surface area contributed by atoms with Crippen molar-refractivity contribution in [3.63, 3.8) is 0 Å². The van der Waals surface area contributed by atoms with E-state index in [-0.39, 0.29) is 5.97 Å². The molecular weight excluding hydrogens is 376 g/mol. The van der Waals surface area contributed by atoms with Crippen LogP contribution in [0.15, 0.2) is 24.3 Å². The minimum atomic E-state index is -1.54. The summed E-state index contributed by atoms with van der Waals surface area (Å²) in [5, 5.41) is 0. The van der Waals surface area contributed by atoms with Crippen molar-refractivity contribution in [2.75, 3.05) is 7.11 Å². The number of benzene rings is 1. The SMILES string of the molecule is COC(=O)C(C)(NN)C(OC(=O)C(C)(C)C)c1ccc(OC(=O)C(C)(C)C)cc1. The molecule has 8 nitrogen and oxygen atoms in total. The molecule has 1 aromatic rings. The van der Waals surface area contributed by atoms with Gasteiger partial charge in [0.05, 0.1) is 17.9 Å². The van der Waals surface area contributed by atoms with Crippen molar-refractivity contribution >= 4 is 17.9 Å². The number of hydrogen-bond donors (Lipinski definition) is 2. The lowest BCUT2D eigenvalue weighted by Gasteiger charge is -2.35. The van der Waals surface area contributed by atoms with Crippen molar-refractivity contribution in [1.82, 2.24) is 5.43 Å². The molecule has 0 aliphatic heterocycles. The summed E-state index contributed by atoms with van der Waals surface area (Å²) in [5.74, 6) is 4.37. The smallest absolute Gasteiger partial charge is 0.331 e. The Hall–Kier alpha value is -2.45. The van der Waals surface area contributed by atoms with Gasteiger partial charge in [0.15, 0.2) is 11.6 Å². The molecule has 3 N–H and O–H groups in total. The lowest BCUT2D eigenvalue weighted by atomic mass is 9.88. The Morgan fingerprint density at radius 1 is 0.862 bits per heavy atom. The zero-order valence-corrected chi connectivity index (χ0v) is 18.4. The number of ether oxygens (including phenoxy) is 3. The Bertz CT molecular complexity index is 746. The lowest BCUT2D eigenvalue weighted by molar-refractivity contribution is -0.171. The van der Waals surface area contributed by atoms with Crippen LogP contribution in [0.4, 0.5) is 0 Å². The predicted octanol–water partition coefficient (Wildman–Crippen LogP) is 2.66. The summed E-state index contributed by atoms with van der Waals surface area (Å²) in [6.07, 6.45) is -1.08. The summed E-state index contributed by atoms with van der Waals surface area (Å²) >= 11 is 0. The first-order valence-electron chi connectivity index (χ1n) is 9.26. The number of esters is 3. The number of rotatable bonds is 6. The average Bonchev–Trinajstić information content (AvgIpc) is 2.63. The molecule has 0 heterocycles. The Labute approximate surface area is 172 Å². The normalized spacial score (nSPS) is 15.1. The van der Waals surface area contributed by atoms with Gasteiger partial charge in [0.2, 0.25) is 0 Å². The first-order valence-corrected chi connectivity index (χ1v) is 9.26. The predicted molar refractivity (Wildman–Crippen MR) is 108 cm³/mol. The zero-order chi connectivity index (χ0) is 22.6. The highest BCUT2D eigenvalue weighted by Crippen LogP contribution is 2.34. The zero-order valence-electron chi connectivity index (χ0n) is 18.4. The average molecular weight is 408 g/mol. The van der Waals surface area contributed by atoms with Crippen LogP contribution in [0.1, 0.15) is 60.1 Å². The number of nitrogens with one attached hydrogen (secondary N) is 1. The van der Waals surface area contributed by atoms with Crippen LogP contribution < -0.4 is 16.0 Å². The van der Waals surface area contributed by atoms with Gasteiger partial charge in [-0.1, -0.05) is 12.1 Å². The van der Waals surface area contributed by atoms with Crippen molar-refractivity contribution in [1.29, 1.82) is 0 Å². The highest BCUT2D eigenvalue weighted by molar-refractivity contribution is 5.83. The summed E-state index contributed by atoms with van der Waals surface area (Å²) < 4.78 is 15.9. The van der Waals surface area contributed by atoms with Gasteiger partial charge < -0.3 is 14.2 Å². The Balaban J connectivity index is 3.30. The molecule has 0 aliphatic carbocycles. The van der Waals surface area contributed by atoms with Crippen molar-refractivity contribution in [3.8, 4) is 5.75 Å². The molecule has 2 unspecified atom stereocenters. The van der Waals surface area contributed by atoms with Gasteiger partial charge in [0.25, 0.3) is 0 Å². The fraction of sp³-hybridized carbons (Fsp3) is 0.571. The fourth-order valence-corrected chi connectivity index (χ4v) is 2.23. The van der Waals surface area contributed by atoms with Gasteiger partial charge >= 0.3 is 17.9 Å². The highest BCUT2D eigenvalue weighted by Gasteiger charge is 2.46. The second-order valence-corrected chi connectivity index (χ2v) is 9.08. The summed E-state index contributed by atoms with van der Waals surface area (Å²) in [6, 6.07) is 6.32. The minimum absolute atomic E-state index is 0.329. The molecular formula is C21H32N2O6. The third-order valence-corrected chi connectivity index (χ3v) is 4.28. The maximum absolute atomic E-state index is 12.5. The molecule has 8 heteroatoms. The molecule has 0 saturated carbocycles. The van der Waals surface area contributed by atoms with Gasteiger partial charge in [-0.3, -0.25) is 15.4 Å². The summed E-state index contributed by atoms with van der Waals surface area (Å²) in [6.45, 7) is 11.8. The second kappa shape index (κ2) is 8.92. The van der Waals surface area contributed by atoms with Gasteiger partial charge in [0.1, 0.15) is 5.75 Å². The van der Waals surface area contributed by atoms with E-state index in [2.05, 4.69) is 5.43 Å². The van der Waals surface area contributed by atoms with Crippen molar-refractivity contribution in [2.45, 2.75) is 60.1 Å². The van der Waals surface area contributed by atoms with Gasteiger partial charge in [-0.2, -0.15) is 0 Å². The quantitative estimate of drug-likeness (QED) is 0.319. The largest absolute Gasteiger partial charge is 0.467 e. The molecule has 162 valence electrons. The van der Waals surface area contributed by atoms with Crippen LogP contribution in [0.25, 0.3) is 0 Å². The molecule has 2 atom stereocenters. The van der Waals surface area contributed by atoms with Crippen LogP contribution in [0.2, 0.25) is 0 Å². The monoisotopic (exact) mass is 408 g/mol. The lowest BCUT2D eigenvalue weighted by Crippen LogP contribution is -2.58. The van der Waals surface area contributed by atoms with E-state index in [1.165, 1.54) is 14.0 Å². The van der Waals surface area contributed by atoms with E-state index in [0.717, 1.165) is 0 Å². The van der Waals surface area contributed by atoms with Crippen LogP contribution in [0.3, 0.4) is 0 Å². The van der Waals surface area contributed by atoms with E-state index in [0.29, 0.717) is 11.3 Å². The molecule has 0 bridgehead atoms. The van der Waals surface area contributed by atoms with E-state index in [9.17, 15) is 14.4 Å². The topological polar surface area (TPSA) is 117 Å². The van der Waals surface area contributed by atoms with Crippen molar-refractivity contribution in [2.24, 2.45) is 16.7 Å². The third-order valence-electron chi connectivity index (χ3n) is 4.28. The maximum Gasteiger partial charge on any atom is 0.331 e. The van der Waals surface area contributed by atoms with Gasteiger partial charge in [-0.25, -0.2) is 10.2 Å². The molecule has 0 fully saturated rings. The van der Waals surface area contributed by atoms with E-state index in [1.807, 2.05) is 0 Å². The van der Waals surface area contributed by atoms with Crippen molar-refractivity contribution in [3.05, 3.63) is 29.8 Å². The highest BCUT2D eigenvalue weighted by atomic mass is 16.6. The number of methoxy groups -OCH3 is 1. The first kappa shape index (κ1) is 24.6. The van der Waals surface area contributed by atoms with Crippen LogP contribution in [-0.2, 0) is 23.9 Å². The van der Waals surface area contributed by atoms with Gasteiger partial charge in [0, 0.05) is 0 Å². The van der Waals surface area contributed by atoms with Crippen molar-refractivity contribution < 1.29 is 28.6 Å². The molecule has 0 amide bonds. The molecule has 1 rings (SSSR count). The van der Waals surface area contributed by atoms with Gasteiger partial charge in [-0.15, -0.1) is 0 Å². The number of nitrogens with two attached hydrogens (primary N) is 1. The Morgan fingerprint density at radius 3 is 1.72 bits per heavy atom. The molecule has 0 aliphatic rings. The van der Waals surface area contributed by atoms with E-state index in [4.69, 9.17) is 20.1 Å². The fourth-order valence-electron chi connectivity index (χ4n) is 2.23. The number of hydrazine groups is 1. The summed E-state index contributed by atoms with van der Waals surface area (Å²) in [7, 11) is 1.22. The first-order chi connectivity index (χ1) is 13.2. The standard InChI is InChI=1S/C21H32N2O6/c1-19(2,3)16(24)28-14-11-9-13(10-12-14)15(29-17(25)20(4,5)6)21(7,23-22)18(26)27-8/h9-12,15,23H,22H2,1-8H3.